The number of likely N-dealkylation sites (tertiary alicyclic amines) is 1. The first-order chi connectivity index (χ1) is 12.2. The van der Waals surface area contributed by atoms with Crippen LogP contribution in [0.3, 0.4) is 0 Å². The third-order valence-electron chi connectivity index (χ3n) is 5.03. The minimum atomic E-state index is -0.205. The first-order valence-electron chi connectivity index (χ1n) is 9.84. The Morgan fingerprint density at radius 2 is 1.84 bits per heavy atom. The molecule has 0 aromatic carbocycles. The lowest BCUT2D eigenvalue weighted by molar-refractivity contribution is 0.0914. The van der Waals surface area contributed by atoms with E-state index in [2.05, 4.69) is 29.0 Å². The van der Waals surface area contributed by atoms with E-state index in [0.717, 1.165) is 38.7 Å². The van der Waals surface area contributed by atoms with Crippen LogP contribution < -0.4 is 5.32 Å². The highest BCUT2D eigenvalue weighted by Gasteiger charge is 2.24. The van der Waals surface area contributed by atoms with E-state index in [4.69, 9.17) is 9.73 Å². The van der Waals surface area contributed by atoms with E-state index < -0.39 is 0 Å². The first-order valence-corrected chi connectivity index (χ1v) is 9.84. The van der Waals surface area contributed by atoms with E-state index in [-0.39, 0.29) is 6.09 Å². The summed E-state index contributed by atoms with van der Waals surface area (Å²) in [5, 5.41) is 3.39. The molecule has 25 heavy (non-hydrogen) atoms. The first kappa shape index (κ1) is 19.8. The van der Waals surface area contributed by atoms with E-state index in [0.29, 0.717) is 25.7 Å². The molecular formula is C18H35N5O2. The second-order valence-electron chi connectivity index (χ2n) is 6.79. The molecule has 1 amide bonds. The van der Waals surface area contributed by atoms with Gasteiger partial charge in [0.25, 0.3) is 0 Å². The van der Waals surface area contributed by atoms with Gasteiger partial charge >= 0.3 is 6.09 Å². The van der Waals surface area contributed by atoms with Gasteiger partial charge in [0, 0.05) is 45.3 Å². The summed E-state index contributed by atoms with van der Waals surface area (Å²) < 4.78 is 5.08. The summed E-state index contributed by atoms with van der Waals surface area (Å²) in [6, 6.07) is 0.680. The molecule has 1 unspecified atom stereocenters. The molecule has 0 aromatic rings. The zero-order valence-electron chi connectivity index (χ0n) is 16.2. The molecule has 7 heteroatoms. The van der Waals surface area contributed by atoms with Crippen molar-refractivity contribution in [1.82, 2.24) is 20.0 Å². The van der Waals surface area contributed by atoms with Crippen LogP contribution in [0.15, 0.2) is 4.99 Å². The lowest BCUT2D eigenvalue weighted by atomic mass is 10.0. The molecule has 0 saturated carbocycles. The molecular weight excluding hydrogens is 318 g/mol. The lowest BCUT2D eigenvalue weighted by Crippen LogP contribution is -2.54. The topological polar surface area (TPSA) is 60.4 Å². The Labute approximate surface area is 152 Å². The number of piperazine rings is 1. The minimum absolute atomic E-state index is 0.205. The quantitative estimate of drug-likeness (QED) is 0.601. The molecule has 0 radical (unpaired) electrons. The standard InChI is InChI=1S/C18H35N5O2/c1-4-19-17(20-9-11-21-10-7-6-8-16(21)3)22-12-14-23(15-13-22)18(24)25-5-2/h16H,4-15H2,1-3H3,(H,19,20). The van der Waals surface area contributed by atoms with E-state index in [1.807, 2.05) is 6.92 Å². The number of ether oxygens (including phenoxy) is 1. The summed E-state index contributed by atoms with van der Waals surface area (Å²) in [5.41, 5.74) is 0. The van der Waals surface area contributed by atoms with Gasteiger partial charge in [-0.1, -0.05) is 6.42 Å². The van der Waals surface area contributed by atoms with Gasteiger partial charge in [0.05, 0.1) is 13.2 Å². The Morgan fingerprint density at radius 1 is 1.12 bits per heavy atom. The average Bonchev–Trinajstić information content (AvgIpc) is 2.63. The van der Waals surface area contributed by atoms with Crippen molar-refractivity contribution in [2.75, 3.05) is 59.0 Å². The number of carbonyl (C=O) groups excluding carboxylic acids is 1. The van der Waals surface area contributed by atoms with Crippen molar-refractivity contribution >= 4 is 12.1 Å². The predicted octanol–water partition coefficient (Wildman–Crippen LogP) is 1.60. The summed E-state index contributed by atoms with van der Waals surface area (Å²) in [6.07, 6.45) is 3.76. The van der Waals surface area contributed by atoms with Crippen LogP contribution in [0.5, 0.6) is 0 Å². The third kappa shape index (κ3) is 6.06. The molecule has 0 spiro atoms. The van der Waals surface area contributed by atoms with Crippen LogP contribution in [0, 0.1) is 0 Å². The molecule has 7 nitrogen and oxygen atoms in total. The van der Waals surface area contributed by atoms with Gasteiger partial charge in [-0.3, -0.25) is 9.89 Å². The molecule has 0 bridgehead atoms. The molecule has 1 N–H and O–H groups in total. The minimum Gasteiger partial charge on any atom is -0.450 e. The van der Waals surface area contributed by atoms with Crippen molar-refractivity contribution < 1.29 is 9.53 Å². The molecule has 2 rings (SSSR count). The number of nitrogens with zero attached hydrogens (tertiary/aromatic N) is 4. The summed E-state index contributed by atoms with van der Waals surface area (Å²) in [4.78, 5) is 23.2. The van der Waals surface area contributed by atoms with Crippen molar-refractivity contribution in [3.05, 3.63) is 0 Å². The summed E-state index contributed by atoms with van der Waals surface area (Å²) in [6.45, 7) is 13.6. The normalized spacial score (nSPS) is 22.8. The third-order valence-corrected chi connectivity index (χ3v) is 5.03. The number of carbonyl (C=O) groups is 1. The van der Waals surface area contributed by atoms with Gasteiger partial charge in [-0.2, -0.15) is 0 Å². The van der Waals surface area contributed by atoms with Gasteiger partial charge in [0.15, 0.2) is 5.96 Å². The van der Waals surface area contributed by atoms with Gasteiger partial charge in [0.1, 0.15) is 0 Å². The number of guanidine groups is 1. The highest BCUT2D eigenvalue weighted by Crippen LogP contribution is 2.15. The van der Waals surface area contributed by atoms with E-state index in [9.17, 15) is 4.79 Å². The number of aliphatic imine (C=N–C) groups is 1. The van der Waals surface area contributed by atoms with Crippen molar-refractivity contribution in [2.24, 2.45) is 4.99 Å². The highest BCUT2D eigenvalue weighted by atomic mass is 16.6. The number of piperidine rings is 1. The second kappa shape index (κ2) is 10.5. The van der Waals surface area contributed by atoms with Crippen molar-refractivity contribution in [3.63, 3.8) is 0 Å². The van der Waals surface area contributed by atoms with Crippen LogP contribution in [-0.4, -0.2) is 91.8 Å². The zero-order chi connectivity index (χ0) is 18.1. The van der Waals surface area contributed by atoms with Crippen LogP contribution >= 0.6 is 0 Å². The van der Waals surface area contributed by atoms with Crippen LogP contribution in [0.25, 0.3) is 0 Å². The van der Waals surface area contributed by atoms with Crippen molar-refractivity contribution in [1.29, 1.82) is 0 Å². The van der Waals surface area contributed by atoms with E-state index in [1.54, 1.807) is 4.90 Å². The summed E-state index contributed by atoms with van der Waals surface area (Å²) in [5.74, 6) is 0.968. The predicted molar refractivity (Wildman–Crippen MR) is 101 cm³/mol. The maximum absolute atomic E-state index is 11.8. The Hall–Kier alpha value is -1.50. The Morgan fingerprint density at radius 3 is 2.48 bits per heavy atom. The smallest absolute Gasteiger partial charge is 0.409 e. The van der Waals surface area contributed by atoms with Gasteiger partial charge in [-0.05, 0) is 40.2 Å². The monoisotopic (exact) mass is 353 g/mol. The SMILES string of the molecule is CCNC(=NCCN1CCCCC1C)N1CCN(C(=O)OCC)CC1. The Balaban J connectivity index is 1.82. The van der Waals surface area contributed by atoms with Crippen LogP contribution in [0.2, 0.25) is 0 Å². The zero-order valence-corrected chi connectivity index (χ0v) is 16.2. The van der Waals surface area contributed by atoms with E-state index in [1.165, 1.54) is 25.8 Å². The molecule has 2 fully saturated rings. The fourth-order valence-corrected chi connectivity index (χ4v) is 3.52. The largest absolute Gasteiger partial charge is 0.450 e. The van der Waals surface area contributed by atoms with Gasteiger partial charge < -0.3 is 19.9 Å². The van der Waals surface area contributed by atoms with Crippen LogP contribution in [-0.2, 0) is 4.74 Å². The van der Waals surface area contributed by atoms with Gasteiger partial charge in [-0.25, -0.2) is 4.79 Å². The summed E-state index contributed by atoms with van der Waals surface area (Å²) in [7, 11) is 0. The van der Waals surface area contributed by atoms with Gasteiger partial charge in [-0.15, -0.1) is 0 Å². The maximum atomic E-state index is 11.8. The lowest BCUT2D eigenvalue weighted by Gasteiger charge is -2.36. The van der Waals surface area contributed by atoms with Crippen LogP contribution in [0.4, 0.5) is 4.79 Å². The van der Waals surface area contributed by atoms with E-state index >= 15 is 0 Å². The van der Waals surface area contributed by atoms with Crippen molar-refractivity contribution in [3.8, 4) is 0 Å². The number of rotatable bonds is 5. The number of amides is 1. The van der Waals surface area contributed by atoms with Gasteiger partial charge in [0.2, 0.25) is 0 Å². The summed E-state index contributed by atoms with van der Waals surface area (Å²) >= 11 is 0. The molecule has 1 atom stereocenters. The molecule has 2 saturated heterocycles. The molecule has 2 aliphatic rings. The molecule has 2 heterocycles. The molecule has 144 valence electrons. The molecule has 0 aliphatic carbocycles. The van der Waals surface area contributed by atoms with Crippen LogP contribution in [0.1, 0.15) is 40.0 Å². The fourth-order valence-electron chi connectivity index (χ4n) is 3.52. The molecule has 2 aliphatic heterocycles. The number of nitrogens with one attached hydrogen (secondary N) is 1. The molecule has 0 aromatic heterocycles. The fraction of sp³-hybridized carbons (Fsp3) is 0.889. The second-order valence-corrected chi connectivity index (χ2v) is 6.79. The maximum Gasteiger partial charge on any atom is 0.409 e. The Bertz CT molecular complexity index is 435. The number of hydrogen-bond donors (Lipinski definition) is 1. The number of hydrogen-bond acceptors (Lipinski definition) is 4. The highest BCUT2D eigenvalue weighted by molar-refractivity contribution is 5.80. The average molecular weight is 354 g/mol. The van der Waals surface area contributed by atoms with Crippen molar-refractivity contribution in [2.45, 2.75) is 46.1 Å². The Kier molecular flexibility index (Phi) is 8.31.